The maximum Gasteiger partial charge on any atom is 0.391 e. The van der Waals surface area contributed by atoms with Crippen LogP contribution in [0.3, 0.4) is 0 Å². The third-order valence-electron chi connectivity index (χ3n) is 1.82. The monoisotopic (exact) mass is 186 g/mol. The first-order valence-corrected chi connectivity index (χ1v) is 3.63. The van der Waals surface area contributed by atoms with E-state index in [1.165, 1.54) is 0 Å². The van der Waals surface area contributed by atoms with Crippen molar-refractivity contribution in [2.45, 2.75) is 31.9 Å². The van der Waals surface area contributed by atoms with Gasteiger partial charge in [-0.05, 0) is 12.8 Å². The molecule has 0 spiro atoms. The largest absolute Gasteiger partial charge is 0.391 e. The summed E-state index contributed by atoms with van der Waals surface area (Å²) in [4.78, 5) is 8.14. The Hall–Kier alpha value is -0.610. The Balaban J connectivity index is 0.000000354. The fourth-order valence-electron chi connectivity index (χ4n) is 1.25. The van der Waals surface area contributed by atoms with Crippen LogP contribution in [0.4, 0.5) is 17.6 Å². The van der Waals surface area contributed by atoms with Crippen LogP contribution in [-0.2, 0) is 4.79 Å². The van der Waals surface area contributed by atoms with Crippen LogP contribution in [-0.4, -0.2) is 12.7 Å². The zero-order valence-corrected chi connectivity index (χ0v) is 6.40. The highest BCUT2D eigenvalue weighted by molar-refractivity contribution is 5.35. The van der Waals surface area contributed by atoms with Gasteiger partial charge in [0, 0.05) is 0 Å². The van der Waals surface area contributed by atoms with E-state index in [0.29, 0.717) is 12.8 Å². The Morgan fingerprint density at radius 2 is 1.50 bits per heavy atom. The molecular formula is C7H10F4O. The van der Waals surface area contributed by atoms with Crippen molar-refractivity contribution in [1.82, 2.24) is 0 Å². The van der Waals surface area contributed by atoms with Gasteiger partial charge < -0.3 is 0 Å². The fraction of sp³-hybridized carbons (Fsp3) is 0.857. The molecule has 0 bridgehead atoms. The van der Waals surface area contributed by atoms with Gasteiger partial charge in [0.05, 0.1) is 5.92 Å². The van der Waals surface area contributed by atoms with Gasteiger partial charge in [0.2, 0.25) is 0 Å². The van der Waals surface area contributed by atoms with Crippen molar-refractivity contribution < 1.29 is 22.4 Å². The molecule has 0 aromatic heterocycles. The minimum Gasteiger partial charge on any atom is -0.265 e. The van der Waals surface area contributed by atoms with Crippen molar-refractivity contribution in [1.29, 1.82) is 0 Å². The molecule has 1 saturated carbocycles. The summed E-state index contributed by atoms with van der Waals surface area (Å²) in [5, 5.41) is 0. The first-order valence-electron chi connectivity index (χ1n) is 3.63. The molecule has 0 N–H and O–H groups in total. The molecule has 1 nitrogen and oxygen atoms in total. The number of carbonyl (C=O) groups excluding carboxylic acids is 1. The van der Waals surface area contributed by atoms with Crippen LogP contribution in [0.1, 0.15) is 25.7 Å². The van der Waals surface area contributed by atoms with Crippen LogP contribution in [0.5, 0.6) is 0 Å². The SMILES string of the molecule is FC(F)(F)C1CCCC1.O=CF. The second-order valence-electron chi connectivity index (χ2n) is 2.61. The van der Waals surface area contributed by atoms with Crippen molar-refractivity contribution in [2.24, 2.45) is 5.92 Å². The summed E-state index contributed by atoms with van der Waals surface area (Å²) in [7, 11) is 0. The van der Waals surface area contributed by atoms with Gasteiger partial charge in [-0.25, -0.2) is 0 Å². The van der Waals surface area contributed by atoms with Crippen LogP contribution < -0.4 is 0 Å². The molecule has 5 heteroatoms. The number of alkyl halides is 3. The Morgan fingerprint density at radius 3 is 1.67 bits per heavy atom. The Kier molecular flexibility index (Phi) is 4.85. The van der Waals surface area contributed by atoms with E-state index < -0.39 is 18.6 Å². The van der Waals surface area contributed by atoms with Crippen LogP contribution in [0.2, 0.25) is 0 Å². The molecular weight excluding hydrogens is 176 g/mol. The smallest absolute Gasteiger partial charge is 0.265 e. The summed E-state index contributed by atoms with van der Waals surface area (Å²) in [6, 6.07) is 0. The Morgan fingerprint density at radius 1 is 1.17 bits per heavy atom. The van der Waals surface area contributed by atoms with Crippen LogP contribution in [0, 0.1) is 5.92 Å². The van der Waals surface area contributed by atoms with E-state index >= 15 is 0 Å². The van der Waals surface area contributed by atoms with Crippen LogP contribution in [0.25, 0.3) is 0 Å². The Labute approximate surface area is 67.8 Å². The van der Waals surface area contributed by atoms with E-state index in [2.05, 4.69) is 0 Å². The van der Waals surface area contributed by atoms with Gasteiger partial charge >= 0.3 is 6.18 Å². The highest BCUT2D eigenvalue weighted by Gasteiger charge is 2.40. The first kappa shape index (κ1) is 11.4. The van der Waals surface area contributed by atoms with E-state index in [0.717, 1.165) is 12.8 Å². The number of halogens is 4. The lowest BCUT2D eigenvalue weighted by Crippen LogP contribution is -2.19. The molecule has 0 atom stereocenters. The topological polar surface area (TPSA) is 17.1 Å². The molecule has 72 valence electrons. The van der Waals surface area contributed by atoms with Gasteiger partial charge in [-0.3, -0.25) is 4.79 Å². The van der Waals surface area contributed by atoms with E-state index in [-0.39, 0.29) is 0 Å². The summed E-state index contributed by atoms with van der Waals surface area (Å²) in [6.07, 6.45) is -1.71. The van der Waals surface area contributed by atoms with E-state index in [1.807, 2.05) is 0 Å². The van der Waals surface area contributed by atoms with Gasteiger partial charge in [-0.1, -0.05) is 12.8 Å². The summed E-state index contributed by atoms with van der Waals surface area (Å²) >= 11 is 0. The van der Waals surface area contributed by atoms with Crippen molar-refractivity contribution in [2.75, 3.05) is 0 Å². The third-order valence-corrected chi connectivity index (χ3v) is 1.82. The van der Waals surface area contributed by atoms with Crippen LogP contribution in [0.15, 0.2) is 0 Å². The predicted molar refractivity (Wildman–Crippen MR) is 35.9 cm³/mol. The number of rotatable bonds is 0. The molecule has 0 aromatic carbocycles. The van der Waals surface area contributed by atoms with Crippen molar-refractivity contribution in [3.8, 4) is 0 Å². The number of carbonyl (C=O) groups is 1. The van der Waals surface area contributed by atoms with Gasteiger partial charge in [0.15, 0.2) is 0 Å². The molecule has 0 unspecified atom stereocenters. The van der Waals surface area contributed by atoms with Crippen LogP contribution >= 0.6 is 0 Å². The maximum absolute atomic E-state index is 11.8. The van der Waals surface area contributed by atoms with Gasteiger partial charge in [-0.2, -0.15) is 17.6 Å². The van der Waals surface area contributed by atoms with Gasteiger partial charge in [0.1, 0.15) is 0 Å². The average Bonchev–Trinajstić information content (AvgIpc) is 2.36. The molecule has 0 saturated heterocycles. The van der Waals surface area contributed by atoms with E-state index in [4.69, 9.17) is 4.79 Å². The lowest BCUT2D eigenvalue weighted by molar-refractivity contribution is -0.172. The molecule has 0 amide bonds. The summed E-state index contributed by atoms with van der Waals surface area (Å²) in [5.74, 6) is -0.988. The van der Waals surface area contributed by atoms with E-state index in [9.17, 15) is 17.6 Å². The molecule has 12 heavy (non-hydrogen) atoms. The first-order chi connectivity index (χ1) is 5.52. The normalized spacial score (nSPS) is 18.3. The lowest BCUT2D eigenvalue weighted by atomic mass is 10.1. The lowest BCUT2D eigenvalue weighted by Gasteiger charge is -2.12. The predicted octanol–water partition coefficient (Wildman–Crippen LogP) is 2.89. The quantitative estimate of drug-likeness (QED) is 0.323. The molecule has 1 rings (SSSR count). The summed E-state index contributed by atoms with van der Waals surface area (Å²) < 4.78 is 44.9. The Bertz CT molecular complexity index is 126. The molecule has 0 heterocycles. The second-order valence-corrected chi connectivity index (χ2v) is 2.61. The molecule has 0 radical (unpaired) electrons. The molecule has 0 aromatic rings. The zero-order chi connectivity index (χ0) is 9.61. The average molecular weight is 186 g/mol. The standard InChI is InChI=1S/C6H9F3.CHFO/c7-6(8,9)5-3-1-2-4-5;2-1-3/h5H,1-4H2;1H. The van der Waals surface area contributed by atoms with Gasteiger partial charge in [-0.15, -0.1) is 0 Å². The maximum atomic E-state index is 11.8. The fourth-order valence-corrected chi connectivity index (χ4v) is 1.25. The molecule has 0 aliphatic heterocycles. The minimum absolute atomic E-state index is 0.351. The minimum atomic E-state index is -3.92. The highest BCUT2D eigenvalue weighted by Crippen LogP contribution is 2.38. The number of hydrogen-bond acceptors (Lipinski definition) is 1. The van der Waals surface area contributed by atoms with E-state index in [1.54, 1.807) is 0 Å². The molecule has 1 fully saturated rings. The second kappa shape index (κ2) is 5.11. The highest BCUT2D eigenvalue weighted by atomic mass is 19.4. The van der Waals surface area contributed by atoms with Gasteiger partial charge in [0.25, 0.3) is 6.54 Å². The summed E-state index contributed by atoms with van der Waals surface area (Å²) in [5.41, 5.74) is 0. The zero-order valence-electron chi connectivity index (χ0n) is 6.40. The molecule has 1 aliphatic rings. The van der Waals surface area contributed by atoms with Crippen molar-refractivity contribution in [3.05, 3.63) is 0 Å². The number of hydrogen-bond donors (Lipinski definition) is 0. The third kappa shape index (κ3) is 4.31. The molecule has 1 aliphatic carbocycles. The van der Waals surface area contributed by atoms with Crippen molar-refractivity contribution >= 4 is 6.54 Å². The summed E-state index contributed by atoms with van der Waals surface area (Å²) in [6.45, 7) is -0.750. The van der Waals surface area contributed by atoms with Crippen molar-refractivity contribution in [3.63, 3.8) is 0 Å².